The number of benzene rings is 2. The number of carbonyl (C=O) groups is 2. The van der Waals surface area contributed by atoms with Crippen LogP contribution in [-0.2, 0) is 0 Å². The lowest BCUT2D eigenvalue weighted by molar-refractivity contribution is 0.0696. The Labute approximate surface area is 122 Å². The number of nitrogens with one attached hydrogen (secondary N) is 1. The molecule has 0 saturated heterocycles. The van der Waals surface area contributed by atoms with Crippen molar-refractivity contribution in [2.45, 2.75) is 13.8 Å². The summed E-state index contributed by atoms with van der Waals surface area (Å²) in [6.45, 7) is 3.53. The zero-order chi connectivity index (χ0) is 15.6. The van der Waals surface area contributed by atoms with Crippen molar-refractivity contribution in [2.24, 2.45) is 0 Å². The van der Waals surface area contributed by atoms with Gasteiger partial charge in [-0.1, -0.05) is 6.07 Å². The van der Waals surface area contributed by atoms with Crippen molar-refractivity contribution >= 4 is 23.3 Å². The van der Waals surface area contributed by atoms with E-state index in [9.17, 15) is 9.59 Å². The summed E-state index contributed by atoms with van der Waals surface area (Å²) in [6, 6.07) is 9.71. The van der Waals surface area contributed by atoms with Crippen LogP contribution in [0.2, 0.25) is 0 Å². The Morgan fingerprint density at radius 2 is 1.86 bits per heavy atom. The fourth-order valence-corrected chi connectivity index (χ4v) is 2.03. The molecule has 0 atom stereocenters. The highest BCUT2D eigenvalue weighted by Gasteiger charge is 2.12. The van der Waals surface area contributed by atoms with Crippen molar-refractivity contribution in [1.82, 2.24) is 0 Å². The largest absolute Gasteiger partial charge is 0.478 e. The smallest absolute Gasteiger partial charge is 0.335 e. The number of hydrogen-bond acceptors (Lipinski definition) is 3. The Morgan fingerprint density at radius 1 is 1.14 bits per heavy atom. The lowest BCUT2D eigenvalue weighted by Crippen LogP contribution is -2.15. The maximum absolute atomic E-state index is 12.3. The van der Waals surface area contributed by atoms with E-state index in [1.54, 1.807) is 38.1 Å². The summed E-state index contributed by atoms with van der Waals surface area (Å²) >= 11 is 0. The highest BCUT2D eigenvalue weighted by Crippen LogP contribution is 2.20. The van der Waals surface area contributed by atoms with Gasteiger partial charge in [-0.25, -0.2) is 4.79 Å². The van der Waals surface area contributed by atoms with Gasteiger partial charge in [0, 0.05) is 16.9 Å². The van der Waals surface area contributed by atoms with Gasteiger partial charge in [0.1, 0.15) is 0 Å². The van der Waals surface area contributed by atoms with Gasteiger partial charge in [-0.05, 0) is 55.3 Å². The van der Waals surface area contributed by atoms with E-state index in [0.717, 1.165) is 5.56 Å². The number of aromatic carboxylic acids is 1. The first-order chi connectivity index (χ1) is 9.90. The molecule has 5 heteroatoms. The monoisotopic (exact) mass is 284 g/mol. The van der Waals surface area contributed by atoms with E-state index in [1.165, 1.54) is 12.1 Å². The van der Waals surface area contributed by atoms with E-state index in [1.807, 2.05) is 0 Å². The average Bonchev–Trinajstić information content (AvgIpc) is 2.43. The molecule has 1 amide bonds. The van der Waals surface area contributed by atoms with Crippen LogP contribution in [0.25, 0.3) is 0 Å². The minimum atomic E-state index is -0.998. The topological polar surface area (TPSA) is 92.4 Å². The third-order valence-electron chi connectivity index (χ3n) is 3.34. The van der Waals surface area contributed by atoms with Crippen molar-refractivity contribution < 1.29 is 14.7 Å². The van der Waals surface area contributed by atoms with Crippen LogP contribution >= 0.6 is 0 Å². The first kappa shape index (κ1) is 14.6. The van der Waals surface area contributed by atoms with E-state index in [4.69, 9.17) is 10.8 Å². The predicted molar refractivity (Wildman–Crippen MR) is 81.7 cm³/mol. The molecule has 21 heavy (non-hydrogen) atoms. The Hall–Kier alpha value is -2.82. The summed E-state index contributed by atoms with van der Waals surface area (Å²) in [5.74, 6) is -1.27. The molecule has 0 spiro atoms. The zero-order valence-electron chi connectivity index (χ0n) is 11.8. The molecule has 0 unspecified atom stereocenters. The molecule has 0 bridgehead atoms. The van der Waals surface area contributed by atoms with Crippen molar-refractivity contribution in [1.29, 1.82) is 0 Å². The van der Waals surface area contributed by atoms with E-state index in [0.29, 0.717) is 22.5 Å². The normalized spacial score (nSPS) is 10.2. The fraction of sp³-hybridized carbons (Fsp3) is 0.125. The number of carboxylic acids is 1. The Kier molecular flexibility index (Phi) is 3.93. The molecule has 0 aliphatic heterocycles. The molecular weight excluding hydrogens is 268 g/mol. The third kappa shape index (κ3) is 3.02. The van der Waals surface area contributed by atoms with Crippen LogP contribution in [0.1, 0.15) is 31.8 Å². The van der Waals surface area contributed by atoms with E-state index in [2.05, 4.69) is 5.32 Å². The van der Waals surface area contributed by atoms with Gasteiger partial charge in [-0.3, -0.25) is 4.79 Å². The van der Waals surface area contributed by atoms with Crippen molar-refractivity contribution in [2.75, 3.05) is 11.1 Å². The van der Waals surface area contributed by atoms with Gasteiger partial charge >= 0.3 is 5.97 Å². The molecule has 0 fully saturated rings. The summed E-state index contributed by atoms with van der Waals surface area (Å²) in [7, 11) is 0. The van der Waals surface area contributed by atoms with Gasteiger partial charge in [0.25, 0.3) is 5.91 Å². The molecule has 0 saturated carbocycles. The molecule has 0 aliphatic carbocycles. The van der Waals surface area contributed by atoms with Crippen LogP contribution in [0.5, 0.6) is 0 Å². The van der Waals surface area contributed by atoms with E-state index in [-0.39, 0.29) is 11.5 Å². The molecule has 0 heterocycles. The van der Waals surface area contributed by atoms with Gasteiger partial charge in [0.05, 0.1) is 5.56 Å². The summed E-state index contributed by atoms with van der Waals surface area (Å²) in [5, 5.41) is 11.7. The Balaban J connectivity index is 2.28. The first-order valence-corrected chi connectivity index (χ1v) is 6.40. The minimum absolute atomic E-state index is 0.186. The fourth-order valence-electron chi connectivity index (χ4n) is 2.03. The molecule has 4 N–H and O–H groups in total. The number of hydrogen-bond donors (Lipinski definition) is 3. The van der Waals surface area contributed by atoms with Crippen molar-refractivity contribution in [3.63, 3.8) is 0 Å². The minimum Gasteiger partial charge on any atom is -0.478 e. The molecule has 2 rings (SSSR count). The maximum atomic E-state index is 12.3. The van der Waals surface area contributed by atoms with Crippen LogP contribution in [0, 0.1) is 13.8 Å². The number of nitrogens with two attached hydrogens (primary N) is 1. The standard InChI is InChI=1S/C16H16N2O3/c1-9-8-11(16(20)21)6-7-14(9)18-15(19)12-4-3-5-13(17)10(12)2/h3-8H,17H2,1-2H3,(H,18,19)(H,20,21). The van der Waals surface area contributed by atoms with Crippen LogP contribution in [0.3, 0.4) is 0 Å². The number of aryl methyl sites for hydroxylation is 1. The maximum Gasteiger partial charge on any atom is 0.335 e. The number of anilines is 2. The van der Waals surface area contributed by atoms with Gasteiger partial charge in [-0.15, -0.1) is 0 Å². The number of amides is 1. The summed E-state index contributed by atoms with van der Waals surface area (Å²) in [4.78, 5) is 23.2. The van der Waals surface area contributed by atoms with Gasteiger partial charge < -0.3 is 16.2 Å². The van der Waals surface area contributed by atoms with Crippen molar-refractivity contribution in [3.8, 4) is 0 Å². The van der Waals surface area contributed by atoms with Gasteiger partial charge in [-0.2, -0.15) is 0 Å². The predicted octanol–water partition coefficient (Wildman–Crippen LogP) is 2.84. The van der Waals surface area contributed by atoms with Gasteiger partial charge in [0.15, 0.2) is 0 Å². The Morgan fingerprint density at radius 3 is 2.48 bits per heavy atom. The first-order valence-electron chi connectivity index (χ1n) is 6.40. The summed E-state index contributed by atoms with van der Waals surface area (Å²) in [5.41, 5.74) is 9.01. The second-order valence-electron chi connectivity index (χ2n) is 4.81. The quantitative estimate of drug-likeness (QED) is 0.756. The highest BCUT2D eigenvalue weighted by molar-refractivity contribution is 6.06. The molecule has 0 aliphatic rings. The van der Waals surface area contributed by atoms with E-state index >= 15 is 0 Å². The third-order valence-corrected chi connectivity index (χ3v) is 3.34. The summed E-state index contributed by atoms with van der Waals surface area (Å²) < 4.78 is 0. The van der Waals surface area contributed by atoms with Crippen molar-refractivity contribution in [3.05, 3.63) is 58.7 Å². The van der Waals surface area contributed by atoms with Crippen LogP contribution in [-0.4, -0.2) is 17.0 Å². The van der Waals surface area contributed by atoms with E-state index < -0.39 is 5.97 Å². The molecular formula is C16H16N2O3. The second kappa shape index (κ2) is 5.66. The molecule has 5 nitrogen and oxygen atoms in total. The molecule has 0 aromatic heterocycles. The molecule has 2 aromatic rings. The second-order valence-corrected chi connectivity index (χ2v) is 4.81. The zero-order valence-corrected chi connectivity index (χ0v) is 11.8. The lowest BCUT2D eigenvalue weighted by atomic mass is 10.1. The Bertz CT molecular complexity index is 723. The SMILES string of the molecule is Cc1cc(C(=O)O)ccc1NC(=O)c1cccc(N)c1C. The molecule has 108 valence electrons. The summed E-state index contributed by atoms with van der Waals surface area (Å²) in [6.07, 6.45) is 0. The molecule has 0 radical (unpaired) electrons. The lowest BCUT2D eigenvalue weighted by Gasteiger charge is -2.11. The number of carboxylic acid groups (broad SMARTS) is 1. The molecule has 2 aromatic carbocycles. The average molecular weight is 284 g/mol. The van der Waals surface area contributed by atoms with Gasteiger partial charge in [0.2, 0.25) is 0 Å². The number of carbonyl (C=O) groups excluding carboxylic acids is 1. The number of nitrogen functional groups attached to an aromatic ring is 1. The van der Waals surface area contributed by atoms with Crippen LogP contribution < -0.4 is 11.1 Å². The highest BCUT2D eigenvalue weighted by atomic mass is 16.4. The van der Waals surface area contributed by atoms with Crippen LogP contribution in [0.4, 0.5) is 11.4 Å². The number of rotatable bonds is 3. The van der Waals surface area contributed by atoms with Crippen LogP contribution in [0.15, 0.2) is 36.4 Å².